The minimum atomic E-state index is -0.812. The average molecular weight is 598 g/mol. The monoisotopic (exact) mass is 597 g/mol. The Morgan fingerprint density at radius 3 is 1.29 bits per heavy atom. The third-order valence-electron chi connectivity index (χ3n) is 7.32. The molecule has 0 spiro atoms. The normalized spacial score (nSPS) is 12.1. The van der Waals surface area contributed by atoms with E-state index in [1.54, 1.807) is 0 Å². The predicted molar refractivity (Wildman–Crippen MR) is 173 cm³/mol. The van der Waals surface area contributed by atoms with Gasteiger partial charge in [-0.15, -0.1) is 0 Å². The Kier molecular flexibility index (Phi) is 26.8. The number of esters is 2. The lowest BCUT2D eigenvalue weighted by Crippen LogP contribution is -2.42. The standard InChI is InChI=1S/C35H67NO6/c1-6-8-10-12-14-16-18-20-21-23-25-27-32(37)40-29-31(30-41-34(39)36-35(3,4)5)42-33(38)28-26-24-22-19-17-15-13-11-9-7-2/h31H,6-30H2,1-5H3,(H,36,39). The Balaban J connectivity index is 4.25. The van der Waals surface area contributed by atoms with Gasteiger partial charge in [-0.25, -0.2) is 4.79 Å². The predicted octanol–water partition coefficient (Wildman–Crippen LogP) is 9.98. The second-order valence-electron chi connectivity index (χ2n) is 13.0. The summed E-state index contributed by atoms with van der Waals surface area (Å²) in [7, 11) is 0. The first kappa shape index (κ1) is 40.2. The largest absolute Gasteiger partial charge is 0.462 e. The molecule has 1 unspecified atom stereocenters. The lowest BCUT2D eigenvalue weighted by atomic mass is 10.1. The van der Waals surface area contributed by atoms with Crippen LogP contribution in [0.5, 0.6) is 0 Å². The van der Waals surface area contributed by atoms with E-state index in [0.717, 1.165) is 38.5 Å². The molecule has 0 aromatic rings. The fourth-order valence-corrected chi connectivity index (χ4v) is 4.82. The Bertz CT molecular complexity index is 660. The van der Waals surface area contributed by atoms with Gasteiger partial charge in [-0.2, -0.15) is 0 Å². The van der Waals surface area contributed by atoms with Gasteiger partial charge < -0.3 is 19.5 Å². The van der Waals surface area contributed by atoms with Gasteiger partial charge in [-0.05, 0) is 33.6 Å². The van der Waals surface area contributed by atoms with Crippen LogP contribution in [0.15, 0.2) is 0 Å². The molecular weight excluding hydrogens is 530 g/mol. The van der Waals surface area contributed by atoms with Crippen molar-refractivity contribution in [2.75, 3.05) is 13.2 Å². The summed E-state index contributed by atoms with van der Waals surface area (Å²) in [4.78, 5) is 36.9. The number of carbonyl (C=O) groups excluding carboxylic acids is 3. The van der Waals surface area contributed by atoms with Crippen LogP contribution in [-0.4, -0.2) is 42.9 Å². The molecule has 7 nitrogen and oxygen atoms in total. The number of rotatable bonds is 28. The topological polar surface area (TPSA) is 90.9 Å². The van der Waals surface area contributed by atoms with Gasteiger partial charge in [0.1, 0.15) is 13.2 Å². The van der Waals surface area contributed by atoms with Gasteiger partial charge in [0.25, 0.3) is 0 Å². The van der Waals surface area contributed by atoms with Gasteiger partial charge in [-0.3, -0.25) is 9.59 Å². The summed E-state index contributed by atoms with van der Waals surface area (Å²) in [5.41, 5.74) is -0.445. The molecule has 1 amide bonds. The van der Waals surface area contributed by atoms with Crippen LogP contribution in [0, 0.1) is 0 Å². The first-order valence-electron chi connectivity index (χ1n) is 17.5. The van der Waals surface area contributed by atoms with Crippen molar-refractivity contribution < 1.29 is 28.6 Å². The molecule has 0 bridgehead atoms. The molecule has 0 aliphatic rings. The van der Waals surface area contributed by atoms with Crippen molar-refractivity contribution in [3.05, 3.63) is 0 Å². The second kappa shape index (κ2) is 28.0. The highest BCUT2D eigenvalue weighted by molar-refractivity contribution is 5.70. The van der Waals surface area contributed by atoms with E-state index in [-0.39, 0.29) is 25.2 Å². The van der Waals surface area contributed by atoms with Crippen LogP contribution in [-0.2, 0) is 23.8 Å². The highest BCUT2D eigenvalue weighted by Crippen LogP contribution is 2.14. The van der Waals surface area contributed by atoms with Crippen molar-refractivity contribution in [1.29, 1.82) is 0 Å². The van der Waals surface area contributed by atoms with Crippen LogP contribution in [0.2, 0.25) is 0 Å². The lowest BCUT2D eigenvalue weighted by Gasteiger charge is -2.22. The second-order valence-corrected chi connectivity index (χ2v) is 13.0. The molecule has 0 aromatic heterocycles. The summed E-state index contributed by atoms with van der Waals surface area (Å²) >= 11 is 0. The summed E-state index contributed by atoms with van der Waals surface area (Å²) in [6.45, 7) is 9.78. The summed E-state index contributed by atoms with van der Waals surface area (Å²) in [5.74, 6) is -0.651. The highest BCUT2D eigenvalue weighted by atomic mass is 16.6. The van der Waals surface area contributed by atoms with Crippen molar-refractivity contribution in [2.45, 2.75) is 194 Å². The Hall–Kier alpha value is -1.79. The smallest absolute Gasteiger partial charge is 0.407 e. The number of alkyl carbamates (subject to hydrolysis) is 1. The van der Waals surface area contributed by atoms with Gasteiger partial charge in [0.15, 0.2) is 6.10 Å². The van der Waals surface area contributed by atoms with Crippen LogP contribution in [0.25, 0.3) is 0 Å². The van der Waals surface area contributed by atoms with Crippen LogP contribution < -0.4 is 5.32 Å². The molecule has 0 saturated heterocycles. The van der Waals surface area contributed by atoms with Crippen molar-refractivity contribution in [3.63, 3.8) is 0 Å². The van der Waals surface area contributed by atoms with Gasteiger partial charge >= 0.3 is 18.0 Å². The molecule has 248 valence electrons. The fourth-order valence-electron chi connectivity index (χ4n) is 4.82. The SMILES string of the molecule is CCCCCCCCCCCCCC(=O)OCC(COC(=O)NC(C)(C)C)OC(=O)CCCCCCCCCCCC. The molecule has 0 radical (unpaired) electrons. The molecule has 1 atom stereocenters. The first-order valence-corrected chi connectivity index (χ1v) is 17.5. The third kappa shape index (κ3) is 29.7. The maximum atomic E-state index is 12.5. The Labute approximate surface area is 259 Å². The van der Waals surface area contributed by atoms with E-state index in [0.29, 0.717) is 12.8 Å². The molecule has 0 aromatic carbocycles. The summed E-state index contributed by atoms with van der Waals surface area (Å²) in [5, 5.41) is 2.72. The number of hydrogen-bond donors (Lipinski definition) is 1. The molecular formula is C35H67NO6. The minimum Gasteiger partial charge on any atom is -0.462 e. The van der Waals surface area contributed by atoms with Crippen LogP contribution in [0.3, 0.4) is 0 Å². The molecule has 0 fully saturated rings. The van der Waals surface area contributed by atoms with Crippen molar-refractivity contribution in [2.24, 2.45) is 0 Å². The van der Waals surface area contributed by atoms with Gasteiger partial charge in [0, 0.05) is 18.4 Å². The third-order valence-corrected chi connectivity index (χ3v) is 7.32. The summed E-state index contributed by atoms with van der Waals surface area (Å²) in [6, 6.07) is 0. The molecule has 0 aliphatic carbocycles. The molecule has 0 aliphatic heterocycles. The van der Waals surface area contributed by atoms with Crippen LogP contribution in [0.1, 0.15) is 182 Å². The number of hydrogen-bond acceptors (Lipinski definition) is 6. The minimum absolute atomic E-state index is 0.108. The van der Waals surface area contributed by atoms with Gasteiger partial charge in [0.05, 0.1) is 0 Å². The maximum absolute atomic E-state index is 12.5. The molecule has 7 heteroatoms. The van der Waals surface area contributed by atoms with E-state index in [1.807, 2.05) is 20.8 Å². The number of unbranched alkanes of at least 4 members (excludes halogenated alkanes) is 19. The van der Waals surface area contributed by atoms with Gasteiger partial charge in [0.2, 0.25) is 0 Å². The zero-order valence-electron chi connectivity index (χ0n) is 28.2. The number of amides is 1. The van der Waals surface area contributed by atoms with Crippen molar-refractivity contribution >= 4 is 18.0 Å². The van der Waals surface area contributed by atoms with E-state index in [4.69, 9.17) is 14.2 Å². The quantitative estimate of drug-likeness (QED) is 0.0548. The summed E-state index contributed by atoms with van der Waals surface area (Å²) < 4.78 is 16.2. The zero-order chi connectivity index (χ0) is 31.3. The molecule has 0 saturated carbocycles. The number of carbonyl (C=O) groups is 3. The lowest BCUT2D eigenvalue weighted by molar-refractivity contribution is -0.161. The molecule has 0 heterocycles. The summed E-state index contributed by atoms with van der Waals surface area (Å²) in [6.07, 6.45) is 24.6. The first-order chi connectivity index (χ1) is 20.2. The van der Waals surface area contributed by atoms with E-state index in [2.05, 4.69) is 19.2 Å². The molecule has 1 N–H and O–H groups in total. The van der Waals surface area contributed by atoms with Crippen LogP contribution >= 0.6 is 0 Å². The van der Waals surface area contributed by atoms with Crippen molar-refractivity contribution in [3.8, 4) is 0 Å². The average Bonchev–Trinajstić information content (AvgIpc) is 2.93. The fraction of sp³-hybridized carbons (Fsp3) is 0.914. The highest BCUT2D eigenvalue weighted by Gasteiger charge is 2.21. The number of ether oxygens (including phenoxy) is 3. The van der Waals surface area contributed by atoms with E-state index in [1.165, 1.54) is 96.3 Å². The van der Waals surface area contributed by atoms with E-state index < -0.39 is 17.7 Å². The Morgan fingerprint density at radius 2 is 0.881 bits per heavy atom. The van der Waals surface area contributed by atoms with E-state index >= 15 is 0 Å². The number of nitrogens with one attached hydrogen (secondary N) is 1. The zero-order valence-corrected chi connectivity index (χ0v) is 28.2. The molecule has 42 heavy (non-hydrogen) atoms. The van der Waals surface area contributed by atoms with Gasteiger partial charge in [-0.1, -0.05) is 136 Å². The van der Waals surface area contributed by atoms with E-state index in [9.17, 15) is 14.4 Å². The Morgan fingerprint density at radius 1 is 0.524 bits per heavy atom. The maximum Gasteiger partial charge on any atom is 0.407 e. The molecule has 0 rings (SSSR count). The van der Waals surface area contributed by atoms with Crippen LogP contribution in [0.4, 0.5) is 4.79 Å². The van der Waals surface area contributed by atoms with Crippen molar-refractivity contribution in [1.82, 2.24) is 5.32 Å².